The summed E-state index contributed by atoms with van der Waals surface area (Å²) in [4.78, 5) is 12.4. The van der Waals surface area contributed by atoms with Gasteiger partial charge in [-0.1, -0.05) is 11.6 Å². The van der Waals surface area contributed by atoms with E-state index in [1.807, 2.05) is 30.9 Å². The minimum absolute atomic E-state index is 0.229. The van der Waals surface area contributed by atoms with Crippen molar-refractivity contribution in [3.63, 3.8) is 0 Å². The van der Waals surface area contributed by atoms with E-state index in [-0.39, 0.29) is 5.56 Å². The second kappa shape index (κ2) is 7.55. The number of anilines is 1. The molecule has 0 aliphatic heterocycles. The lowest BCUT2D eigenvalue weighted by atomic mass is 10.2. The molecule has 4 rings (SSSR count). The average Bonchev–Trinajstić information content (AvgIpc) is 3.26. The third kappa shape index (κ3) is 4.00. The Morgan fingerprint density at radius 3 is 2.69 bits per heavy atom. The summed E-state index contributed by atoms with van der Waals surface area (Å²) >= 11 is 6.27. The summed E-state index contributed by atoms with van der Waals surface area (Å²) in [7, 11) is 5.31. The number of rotatable bonds is 7. The maximum absolute atomic E-state index is 12.4. The molecule has 1 aliphatic rings. The third-order valence-corrected chi connectivity index (χ3v) is 5.72. The number of halogens is 1. The number of aryl methyl sites for hydroxylation is 4. The Labute approximate surface area is 173 Å². The van der Waals surface area contributed by atoms with Gasteiger partial charge in [-0.05, 0) is 19.4 Å². The lowest BCUT2D eigenvalue weighted by Gasteiger charge is -2.10. The third-order valence-electron chi connectivity index (χ3n) is 5.25. The van der Waals surface area contributed by atoms with E-state index in [4.69, 9.17) is 16.3 Å². The van der Waals surface area contributed by atoms with Gasteiger partial charge in [-0.2, -0.15) is 10.2 Å². The minimum atomic E-state index is -0.229. The first-order valence-electron chi connectivity index (χ1n) is 9.46. The van der Waals surface area contributed by atoms with Gasteiger partial charge in [-0.25, -0.2) is 4.68 Å². The number of hydrogen-bond acceptors (Lipinski definition) is 6. The number of hydrogen-bond donors (Lipinski definition) is 1. The van der Waals surface area contributed by atoms with Crippen molar-refractivity contribution in [1.29, 1.82) is 0 Å². The zero-order valence-corrected chi connectivity index (χ0v) is 17.6. The van der Waals surface area contributed by atoms with E-state index in [1.165, 1.54) is 4.68 Å². The summed E-state index contributed by atoms with van der Waals surface area (Å²) in [5.41, 5.74) is 2.95. The predicted octanol–water partition coefficient (Wildman–Crippen LogP) is 2.00. The van der Waals surface area contributed by atoms with Crippen LogP contribution in [0.25, 0.3) is 0 Å². The first-order chi connectivity index (χ1) is 13.8. The highest BCUT2D eigenvalue weighted by atomic mass is 35.5. The van der Waals surface area contributed by atoms with Gasteiger partial charge >= 0.3 is 0 Å². The summed E-state index contributed by atoms with van der Waals surface area (Å²) in [5, 5.41) is 16.6. The van der Waals surface area contributed by atoms with E-state index in [0.29, 0.717) is 41.7 Å². The smallest absolute Gasteiger partial charge is 0.290 e. The minimum Gasteiger partial charge on any atom is -0.476 e. The molecule has 1 N–H and O–H groups in total. The summed E-state index contributed by atoms with van der Waals surface area (Å²) in [6.07, 6.45) is 3.00. The molecule has 2 atom stereocenters. The van der Waals surface area contributed by atoms with Gasteiger partial charge in [0, 0.05) is 57.4 Å². The van der Waals surface area contributed by atoms with Crippen molar-refractivity contribution in [3.8, 4) is 5.88 Å². The lowest BCUT2D eigenvalue weighted by Crippen LogP contribution is -2.24. The van der Waals surface area contributed by atoms with Gasteiger partial charge in [0.1, 0.15) is 10.8 Å². The van der Waals surface area contributed by atoms with Crippen molar-refractivity contribution >= 4 is 17.3 Å². The Morgan fingerprint density at radius 1 is 1.24 bits per heavy atom. The molecule has 1 aliphatic carbocycles. The van der Waals surface area contributed by atoms with Crippen LogP contribution in [0.4, 0.5) is 5.69 Å². The molecule has 0 aromatic carbocycles. The Hall–Kier alpha value is -2.81. The number of nitrogens with one attached hydrogen (secondary N) is 1. The van der Waals surface area contributed by atoms with E-state index in [2.05, 4.69) is 20.6 Å². The topological polar surface area (TPSA) is 91.8 Å². The first-order valence-corrected chi connectivity index (χ1v) is 9.83. The van der Waals surface area contributed by atoms with Crippen molar-refractivity contribution in [3.05, 3.63) is 50.8 Å². The Morgan fingerprint density at radius 2 is 2.03 bits per heavy atom. The van der Waals surface area contributed by atoms with Crippen LogP contribution < -0.4 is 15.6 Å². The molecule has 0 bridgehead atoms. The largest absolute Gasteiger partial charge is 0.476 e. The molecule has 2 unspecified atom stereocenters. The van der Waals surface area contributed by atoms with Gasteiger partial charge in [0.25, 0.3) is 5.56 Å². The highest BCUT2D eigenvalue weighted by Gasteiger charge is 2.40. The second-order valence-electron chi connectivity index (χ2n) is 7.48. The zero-order valence-electron chi connectivity index (χ0n) is 16.9. The van der Waals surface area contributed by atoms with Crippen molar-refractivity contribution in [2.24, 2.45) is 27.1 Å². The van der Waals surface area contributed by atoms with Crippen LogP contribution in [-0.4, -0.2) is 35.9 Å². The fourth-order valence-corrected chi connectivity index (χ4v) is 3.70. The van der Waals surface area contributed by atoms with E-state index in [1.54, 1.807) is 24.8 Å². The van der Waals surface area contributed by atoms with Crippen LogP contribution in [0.3, 0.4) is 0 Å². The highest BCUT2D eigenvalue weighted by Crippen LogP contribution is 2.46. The molecule has 1 fully saturated rings. The summed E-state index contributed by atoms with van der Waals surface area (Å²) in [5.74, 6) is 1.25. The Balaban J connectivity index is 1.41. The molecule has 0 amide bonds. The van der Waals surface area contributed by atoms with Crippen molar-refractivity contribution in [2.75, 3.05) is 11.9 Å². The van der Waals surface area contributed by atoms with Gasteiger partial charge in [0.05, 0.1) is 18.0 Å². The van der Waals surface area contributed by atoms with Crippen LogP contribution >= 0.6 is 11.6 Å². The van der Waals surface area contributed by atoms with E-state index in [9.17, 15) is 4.79 Å². The predicted molar refractivity (Wildman–Crippen MR) is 109 cm³/mol. The van der Waals surface area contributed by atoms with Crippen molar-refractivity contribution < 1.29 is 4.74 Å². The molecule has 10 heteroatoms. The summed E-state index contributed by atoms with van der Waals surface area (Å²) < 4.78 is 10.6. The Kier molecular flexibility index (Phi) is 5.08. The molecule has 0 spiro atoms. The van der Waals surface area contributed by atoms with E-state index >= 15 is 0 Å². The maximum atomic E-state index is 12.4. The summed E-state index contributed by atoms with van der Waals surface area (Å²) in [6.45, 7) is 2.82. The number of nitrogens with zero attached hydrogens (tertiary/aromatic N) is 6. The zero-order chi connectivity index (χ0) is 20.7. The van der Waals surface area contributed by atoms with Crippen LogP contribution in [-0.2, 0) is 27.7 Å². The average molecular weight is 418 g/mol. The highest BCUT2D eigenvalue weighted by molar-refractivity contribution is 6.30. The summed E-state index contributed by atoms with van der Waals surface area (Å²) in [6, 6.07) is 3.68. The second-order valence-corrected chi connectivity index (χ2v) is 7.84. The van der Waals surface area contributed by atoms with Gasteiger partial charge in [0.2, 0.25) is 5.88 Å². The van der Waals surface area contributed by atoms with Crippen LogP contribution in [0.15, 0.2) is 23.1 Å². The van der Waals surface area contributed by atoms with Gasteiger partial charge in [0.15, 0.2) is 0 Å². The van der Waals surface area contributed by atoms with Crippen LogP contribution in [0.5, 0.6) is 5.88 Å². The van der Waals surface area contributed by atoms with Gasteiger partial charge in [-0.15, -0.1) is 5.10 Å². The van der Waals surface area contributed by atoms with Crippen LogP contribution in [0.1, 0.15) is 29.3 Å². The van der Waals surface area contributed by atoms with Crippen LogP contribution in [0, 0.1) is 12.8 Å². The first kappa shape index (κ1) is 19.5. The molecule has 3 heterocycles. The standard InChI is InChI=1S/C19H24ClN7O2/c1-11-14(18(20)26(3)22-11)9-21-16-8-17(24-27(4)19(16)28)29-10-12-7-13(12)15-5-6-25(2)23-15/h5-6,8,12-13,21H,7,9-10H2,1-4H3. The number of aromatic nitrogens is 6. The normalized spacial score (nSPS) is 18.1. The molecule has 154 valence electrons. The molecule has 9 nitrogen and oxygen atoms in total. The van der Waals surface area contributed by atoms with E-state index in [0.717, 1.165) is 23.4 Å². The Bertz CT molecular complexity index is 1100. The molecule has 0 radical (unpaired) electrons. The molecule has 1 saturated carbocycles. The van der Waals surface area contributed by atoms with Crippen LogP contribution in [0.2, 0.25) is 5.15 Å². The van der Waals surface area contributed by atoms with Crippen molar-refractivity contribution in [1.82, 2.24) is 29.3 Å². The molecule has 0 saturated heterocycles. The quantitative estimate of drug-likeness (QED) is 0.632. The molecular weight excluding hydrogens is 394 g/mol. The van der Waals surface area contributed by atoms with Gasteiger partial charge < -0.3 is 10.1 Å². The SMILES string of the molecule is Cc1nn(C)c(Cl)c1CNc1cc(OCC2CC2c2ccn(C)n2)nn(C)c1=O. The van der Waals surface area contributed by atoms with E-state index < -0.39 is 0 Å². The molecule has 29 heavy (non-hydrogen) atoms. The van der Waals surface area contributed by atoms with Gasteiger partial charge in [-0.3, -0.25) is 14.2 Å². The fraction of sp³-hybridized carbons (Fsp3) is 0.474. The molecule has 3 aromatic heterocycles. The lowest BCUT2D eigenvalue weighted by molar-refractivity contribution is 0.278. The monoisotopic (exact) mass is 417 g/mol. The maximum Gasteiger partial charge on any atom is 0.290 e. The molecule has 3 aromatic rings. The van der Waals surface area contributed by atoms with Crippen molar-refractivity contribution in [2.45, 2.75) is 25.8 Å². The fourth-order valence-electron chi connectivity index (χ4n) is 3.45. The number of ether oxygens (including phenoxy) is 1. The molecular formula is C19H24ClN7O2.